The maximum Gasteiger partial charge on any atom is 0.434 e. The number of halogens is 5. The van der Waals surface area contributed by atoms with Crippen molar-refractivity contribution in [3.05, 3.63) is 45.5 Å². The second kappa shape index (κ2) is 9.66. The Morgan fingerprint density at radius 2 is 1.94 bits per heavy atom. The maximum absolute atomic E-state index is 12.8. The zero-order valence-electron chi connectivity index (χ0n) is 16.2. The summed E-state index contributed by atoms with van der Waals surface area (Å²) in [6, 6.07) is 3.70. The van der Waals surface area contributed by atoms with Gasteiger partial charge in [-0.2, -0.15) is 13.2 Å². The van der Waals surface area contributed by atoms with Crippen LogP contribution in [0.1, 0.15) is 11.7 Å². The van der Waals surface area contributed by atoms with Gasteiger partial charge in [-0.1, -0.05) is 40.2 Å². The third kappa shape index (κ3) is 5.15. The van der Waals surface area contributed by atoms with E-state index in [0.29, 0.717) is 14.9 Å². The van der Waals surface area contributed by atoms with Crippen molar-refractivity contribution in [1.82, 2.24) is 20.0 Å². The molecule has 4 rings (SSSR count). The van der Waals surface area contributed by atoms with E-state index in [1.165, 1.54) is 6.20 Å². The van der Waals surface area contributed by atoms with Crippen molar-refractivity contribution < 1.29 is 33.2 Å². The van der Waals surface area contributed by atoms with Crippen LogP contribution >= 0.6 is 46.3 Å². The molecule has 178 valence electrons. The van der Waals surface area contributed by atoms with Crippen molar-refractivity contribution in [3.63, 3.8) is 0 Å². The molecule has 1 aliphatic rings. The molecule has 33 heavy (non-hydrogen) atoms. The van der Waals surface area contributed by atoms with Crippen molar-refractivity contribution in [1.29, 1.82) is 0 Å². The molecule has 0 spiro atoms. The summed E-state index contributed by atoms with van der Waals surface area (Å²) >= 11 is 13.8. The minimum absolute atomic E-state index is 0.0231. The number of benzene rings is 1. The number of aliphatic hydroxyl groups is 3. The van der Waals surface area contributed by atoms with Crippen LogP contribution in [0.2, 0.25) is 10.0 Å². The van der Waals surface area contributed by atoms with Gasteiger partial charge in [-0.05, 0) is 18.2 Å². The first kappa shape index (κ1) is 24.7. The van der Waals surface area contributed by atoms with E-state index in [9.17, 15) is 28.5 Å². The van der Waals surface area contributed by atoms with Crippen LogP contribution in [0.3, 0.4) is 0 Å². The number of alkyl halides is 3. The molecular weight excluding hydrogens is 528 g/mol. The smallest absolute Gasteiger partial charge is 0.394 e. The van der Waals surface area contributed by atoms with Crippen LogP contribution in [0.4, 0.5) is 13.2 Å². The minimum Gasteiger partial charge on any atom is -0.394 e. The number of aromatic nitrogens is 4. The number of rotatable bonds is 5. The number of thioether (sulfide) groups is 1. The lowest BCUT2D eigenvalue weighted by Gasteiger charge is -2.41. The summed E-state index contributed by atoms with van der Waals surface area (Å²) in [5.74, 6) is 0. The van der Waals surface area contributed by atoms with Gasteiger partial charge in [0.1, 0.15) is 40.5 Å². The van der Waals surface area contributed by atoms with Crippen LogP contribution < -0.4 is 0 Å². The highest BCUT2D eigenvalue weighted by atomic mass is 35.5. The van der Waals surface area contributed by atoms with Gasteiger partial charge in [0.2, 0.25) is 0 Å². The van der Waals surface area contributed by atoms with Gasteiger partial charge in [-0.3, -0.25) is 0 Å². The molecule has 8 nitrogen and oxygen atoms in total. The summed E-state index contributed by atoms with van der Waals surface area (Å²) in [7, 11) is 0. The molecule has 0 unspecified atom stereocenters. The van der Waals surface area contributed by atoms with E-state index in [-0.39, 0.29) is 10.7 Å². The van der Waals surface area contributed by atoms with E-state index in [2.05, 4.69) is 15.3 Å². The molecular formula is C18H15Cl2F3N4O4S2. The lowest BCUT2D eigenvalue weighted by molar-refractivity contribution is -0.178. The molecule has 1 fully saturated rings. The lowest BCUT2D eigenvalue weighted by Crippen LogP contribution is -2.55. The van der Waals surface area contributed by atoms with Crippen LogP contribution in [0, 0.1) is 0 Å². The first-order valence-electron chi connectivity index (χ1n) is 9.27. The predicted octanol–water partition coefficient (Wildman–Crippen LogP) is 3.50. The number of aliphatic hydroxyl groups excluding tert-OH is 3. The molecule has 2 aromatic heterocycles. The van der Waals surface area contributed by atoms with Crippen molar-refractivity contribution >= 4 is 46.3 Å². The Labute approximate surface area is 202 Å². The van der Waals surface area contributed by atoms with Gasteiger partial charge in [0.05, 0.1) is 22.8 Å². The van der Waals surface area contributed by atoms with Gasteiger partial charge in [0, 0.05) is 10.3 Å². The summed E-state index contributed by atoms with van der Waals surface area (Å²) in [6.45, 7) is -0.550. The highest BCUT2D eigenvalue weighted by molar-refractivity contribution is 7.99. The average Bonchev–Trinajstić information content (AvgIpc) is 3.42. The summed E-state index contributed by atoms with van der Waals surface area (Å²) in [4.78, 5) is 4.14. The monoisotopic (exact) mass is 542 g/mol. The number of ether oxygens (including phenoxy) is 1. The normalized spacial score (nSPS) is 26.0. The summed E-state index contributed by atoms with van der Waals surface area (Å²) in [5, 5.41) is 40.5. The van der Waals surface area contributed by atoms with E-state index in [4.69, 9.17) is 27.9 Å². The minimum atomic E-state index is -4.60. The fraction of sp³-hybridized carbons (Fsp3) is 0.389. The van der Waals surface area contributed by atoms with Crippen molar-refractivity contribution in [2.24, 2.45) is 0 Å². The van der Waals surface area contributed by atoms with Gasteiger partial charge in [-0.25, -0.2) is 9.67 Å². The average molecular weight is 543 g/mol. The third-order valence-electron chi connectivity index (χ3n) is 4.82. The highest BCUT2D eigenvalue weighted by Crippen LogP contribution is 2.40. The number of hydrogen-bond acceptors (Lipinski definition) is 9. The van der Waals surface area contributed by atoms with Gasteiger partial charge in [0.25, 0.3) is 0 Å². The molecule has 0 radical (unpaired) electrons. The molecule has 3 heterocycles. The Bertz CT molecular complexity index is 1130. The maximum atomic E-state index is 12.8. The Kier molecular flexibility index (Phi) is 7.22. The van der Waals surface area contributed by atoms with Crippen LogP contribution in [-0.4, -0.2) is 65.7 Å². The molecule has 0 bridgehead atoms. The second-order valence-electron chi connectivity index (χ2n) is 7.01. The zero-order chi connectivity index (χ0) is 23.9. The van der Waals surface area contributed by atoms with Crippen molar-refractivity contribution in [2.45, 2.75) is 40.9 Å². The molecule has 3 N–H and O–H groups in total. The fourth-order valence-corrected chi connectivity index (χ4v) is 5.44. The van der Waals surface area contributed by atoms with E-state index >= 15 is 0 Å². The molecule has 15 heteroatoms. The molecule has 3 aromatic rings. The largest absolute Gasteiger partial charge is 0.434 e. The molecule has 0 amide bonds. The van der Waals surface area contributed by atoms with Gasteiger partial charge >= 0.3 is 6.18 Å². The van der Waals surface area contributed by atoms with E-state index in [1.807, 2.05) is 0 Å². The number of nitrogens with zero attached hydrogens (tertiary/aromatic N) is 4. The zero-order valence-corrected chi connectivity index (χ0v) is 19.4. The Balaban J connectivity index is 1.60. The van der Waals surface area contributed by atoms with Crippen molar-refractivity contribution in [2.75, 3.05) is 6.61 Å². The fourth-order valence-electron chi connectivity index (χ4n) is 3.20. The SMILES string of the molecule is OC[C@H]1O[C@H](Sc2ccc(Cl)c(Cl)c2)[C@H](O)[C@@H](n2cc(-c3nc(C(F)(F)F)cs3)nn2)[C@H]1O. The Hall–Kier alpha value is -1.45. The molecule has 1 saturated heterocycles. The first-order chi connectivity index (χ1) is 15.6. The summed E-state index contributed by atoms with van der Waals surface area (Å²) in [6.07, 6.45) is -7.10. The lowest BCUT2D eigenvalue weighted by atomic mass is 9.97. The van der Waals surface area contributed by atoms with Gasteiger partial charge < -0.3 is 20.1 Å². The van der Waals surface area contributed by atoms with E-state index < -0.39 is 48.3 Å². The van der Waals surface area contributed by atoms with E-state index in [1.54, 1.807) is 18.2 Å². The Morgan fingerprint density at radius 1 is 1.18 bits per heavy atom. The third-order valence-corrected chi connectivity index (χ3v) is 7.57. The quantitative estimate of drug-likeness (QED) is 0.449. The van der Waals surface area contributed by atoms with Crippen molar-refractivity contribution in [3.8, 4) is 10.7 Å². The number of hydrogen-bond donors (Lipinski definition) is 3. The van der Waals surface area contributed by atoms with Crippen LogP contribution in [0.25, 0.3) is 10.7 Å². The molecule has 1 aromatic carbocycles. The standard InChI is InChI=1S/C18H15Cl2F3N4O4S2/c19-8-2-1-7(3-9(8)20)33-17-15(30)13(14(29)11(5-28)31-17)27-4-10(25-26-27)16-24-12(6-32-16)18(21,22)23/h1-4,6,11,13-15,17,28-30H,5H2/t11-,13+,14+,15-,17-/m1/s1. The highest BCUT2D eigenvalue weighted by Gasteiger charge is 2.46. The molecule has 0 saturated carbocycles. The predicted molar refractivity (Wildman–Crippen MR) is 115 cm³/mol. The molecule has 0 aliphatic carbocycles. The van der Waals surface area contributed by atoms with Crippen LogP contribution in [0.15, 0.2) is 34.7 Å². The van der Waals surface area contributed by atoms with Gasteiger partial charge in [0.15, 0.2) is 5.69 Å². The van der Waals surface area contributed by atoms with Crippen LogP contribution in [-0.2, 0) is 10.9 Å². The first-order valence-corrected chi connectivity index (χ1v) is 11.8. The van der Waals surface area contributed by atoms with Crippen LogP contribution in [0.5, 0.6) is 0 Å². The summed E-state index contributed by atoms with van der Waals surface area (Å²) in [5.41, 5.74) is -1.96. The Morgan fingerprint density at radius 3 is 2.58 bits per heavy atom. The number of thiazole rings is 1. The van der Waals surface area contributed by atoms with Gasteiger partial charge in [-0.15, -0.1) is 16.4 Å². The van der Waals surface area contributed by atoms with E-state index in [0.717, 1.165) is 33.2 Å². The molecule has 5 atom stereocenters. The second-order valence-corrected chi connectivity index (χ2v) is 9.85. The molecule has 1 aliphatic heterocycles. The topological polar surface area (TPSA) is 114 Å². The summed E-state index contributed by atoms with van der Waals surface area (Å²) < 4.78 is 45.3.